The minimum Gasteiger partial charge on any atom is -0.384 e. The lowest BCUT2D eigenvalue weighted by Gasteiger charge is -2.16. The van der Waals surface area contributed by atoms with Crippen LogP contribution in [0.25, 0.3) is 0 Å². The van der Waals surface area contributed by atoms with E-state index in [1.165, 1.54) is 18.2 Å². The van der Waals surface area contributed by atoms with Crippen LogP contribution in [0.15, 0.2) is 18.2 Å². The molecule has 0 amide bonds. The van der Waals surface area contributed by atoms with E-state index in [0.29, 0.717) is 18.7 Å². The van der Waals surface area contributed by atoms with Gasteiger partial charge in [0.05, 0.1) is 22.7 Å². The maximum atomic E-state index is 12.9. The molecule has 0 heterocycles. The summed E-state index contributed by atoms with van der Waals surface area (Å²) in [7, 11) is 0. The summed E-state index contributed by atoms with van der Waals surface area (Å²) in [6.07, 6.45) is 0.658. The Morgan fingerprint density at radius 1 is 1.35 bits per heavy atom. The maximum absolute atomic E-state index is 12.9. The van der Waals surface area contributed by atoms with E-state index in [2.05, 4.69) is 11.4 Å². The van der Waals surface area contributed by atoms with Crippen molar-refractivity contribution in [2.45, 2.75) is 20.3 Å². The van der Waals surface area contributed by atoms with Crippen LogP contribution in [0, 0.1) is 33.9 Å². The molecule has 0 aliphatic carbocycles. The third-order valence-corrected chi connectivity index (χ3v) is 2.47. The number of halogens is 1. The van der Waals surface area contributed by atoms with Gasteiger partial charge in [-0.05, 0) is 38.5 Å². The van der Waals surface area contributed by atoms with Crippen LogP contribution in [0.2, 0.25) is 0 Å². The first kappa shape index (κ1) is 13.0. The fraction of sp³-hybridized carbons (Fsp3) is 0.385. The molecule has 0 radical (unpaired) electrons. The standard InChI is InChI=1S/C13H14FN3/c1-13(2,9-16)5-6-17-12-4-3-11(14)7-10(12)8-15/h3-4,7,17H,5-6H2,1-2H3. The topological polar surface area (TPSA) is 59.6 Å². The van der Waals surface area contributed by atoms with Gasteiger partial charge in [0.2, 0.25) is 0 Å². The largest absolute Gasteiger partial charge is 0.384 e. The molecule has 3 nitrogen and oxygen atoms in total. The molecule has 0 aromatic heterocycles. The number of nitriles is 2. The molecule has 0 bridgehead atoms. The van der Waals surface area contributed by atoms with Gasteiger partial charge in [0.25, 0.3) is 0 Å². The van der Waals surface area contributed by atoms with E-state index >= 15 is 0 Å². The molecule has 0 unspecified atom stereocenters. The molecule has 0 saturated carbocycles. The average molecular weight is 231 g/mol. The van der Waals surface area contributed by atoms with E-state index in [1.54, 1.807) is 0 Å². The van der Waals surface area contributed by atoms with Crippen LogP contribution in [-0.2, 0) is 0 Å². The second kappa shape index (κ2) is 5.32. The first-order valence-electron chi connectivity index (χ1n) is 5.33. The zero-order chi connectivity index (χ0) is 12.9. The summed E-state index contributed by atoms with van der Waals surface area (Å²) in [5.41, 5.74) is 0.474. The van der Waals surface area contributed by atoms with Crippen molar-refractivity contribution in [1.82, 2.24) is 0 Å². The van der Waals surface area contributed by atoms with Crippen molar-refractivity contribution in [1.29, 1.82) is 10.5 Å². The van der Waals surface area contributed by atoms with E-state index in [-0.39, 0.29) is 5.56 Å². The number of hydrogen-bond acceptors (Lipinski definition) is 3. The van der Waals surface area contributed by atoms with Crippen LogP contribution in [0.3, 0.4) is 0 Å². The Morgan fingerprint density at radius 2 is 2.06 bits per heavy atom. The zero-order valence-corrected chi connectivity index (χ0v) is 9.92. The maximum Gasteiger partial charge on any atom is 0.124 e. The van der Waals surface area contributed by atoms with E-state index in [4.69, 9.17) is 10.5 Å². The summed E-state index contributed by atoms with van der Waals surface area (Å²) >= 11 is 0. The summed E-state index contributed by atoms with van der Waals surface area (Å²) in [5.74, 6) is -0.426. The highest BCUT2D eigenvalue weighted by Crippen LogP contribution is 2.20. The lowest BCUT2D eigenvalue weighted by Crippen LogP contribution is -2.15. The summed E-state index contributed by atoms with van der Waals surface area (Å²) in [6.45, 7) is 4.27. The predicted octanol–water partition coefficient (Wildman–Crippen LogP) is 3.05. The highest BCUT2D eigenvalue weighted by atomic mass is 19.1. The van der Waals surface area contributed by atoms with Gasteiger partial charge in [-0.1, -0.05) is 0 Å². The number of anilines is 1. The van der Waals surface area contributed by atoms with E-state index in [1.807, 2.05) is 19.9 Å². The minimum atomic E-state index is -0.426. The predicted molar refractivity (Wildman–Crippen MR) is 63.6 cm³/mol. The van der Waals surface area contributed by atoms with Crippen molar-refractivity contribution in [3.05, 3.63) is 29.6 Å². The van der Waals surface area contributed by atoms with E-state index < -0.39 is 11.2 Å². The Morgan fingerprint density at radius 3 is 2.65 bits per heavy atom. The smallest absolute Gasteiger partial charge is 0.124 e. The molecule has 0 fully saturated rings. The van der Waals surface area contributed by atoms with Gasteiger partial charge in [-0.2, -0.15) is 10.5 Å². The van der Waals surface area contributed by atoms with Crippen LogP contribution < -0.4 is 5.32 Å². The molecule has 0 atom stereocenters. The van der Waals surface area contributed by atoms with Gasteiger partial charge in [-0.15, -0.1) is 0 Å². The van der Waals surface area contributed by atoms with E-state index in [0.717, 1.165) is 0 Å². The van der Waals surface area contributed by atoms with Gasteiger partial charge in [-0.3, -0.25) is 0 Å². The van der Waals surface area contributed by atoms with Crippen LogP contribution in [-0.4, -0.2) is 6.54 Å². The Kier molecular flexibility index (Phi) is 4.06. The van der Waals surface area contributed by atoms with Gasteiger partial charge in [0.1, 0.15) is 11.9 Å². The van der Waals surface area contributed by atoms with Crippen molar-refractivity contribution < 1.29 is 4.39 Å². The SMILES string of the molecule is CC(C)(C#N)CCNc1ccc(F)cc1C#N. The second-order valence-corrected chi connectivity index (χ2v) is 4.47. The van der Waals surface area contributed by atoms with Crippen molar-refractivity contribution in [2.75, 3.05) is 11.9 Å². The van der Waals surface area contributed by atoms with Gasteiger partial charge in [-0.25, -0.2) is 4.39 Å². The number of nitrogens with one attached hydrogen (secondary N) is 1. The summed E-state index contributed by atoms with van der Waals surface area (Å²) in [6, 6.07) is 8.16. The highest BCUT2D eigenvalue weighted by molar-refractivity contribution is 5.57. The van der Waals surface area contributed by atoms with Crippen molar-refractivity contribution in [3.8, 4) is 12.1 Å². The highest BCUT2D eigenvalue weighted by Gasteiger charge is 2.15. The molecule has 1 rings (SSSR count). The Labute approximate surface area is 100 Å². The number of hydrogen-bond donors (Lipinski definition) is 1. The molecule has 88 valence electrons. The summed E-state index contributed by atoms with van der Waals surface area (Å²) in [5, 5.41) is 20.7. The average Bonchev–Trinajstić information content (AvgIpc) is 2.30. The first-order chi connectivity index (χ1) is 7.98. The molecule has 1 N–H and O–H groups in total. The van der Waals surface area contributed by atoms with Crippen LogP contribution in [0.1, 0.15) is 25.8 Å². The molecule has 17 heavy (non-hydrogen) atoms. The lowest BCUT2D eigenvalue weighted by molar-refractivity contribution is 0.466. The first-order valence-corrected chi connectivity index (χ1v) is 5.33. The van der Waals surface area contributed by atoms with Crippen LogP contribution in [0.5, 0.6) is 0 Å². The van der Waals surface area contributed by atoms with Gasteiger partial charge in [0.15, 0.2) is 0 Å². The Bertz CT molecular complexity index is 480. The van der Waals surface area contributed by atoms with Crippen molar-refractivity contribution >= 4 is 5.69 Å². The third kappa shape index (κ3) is 3.77. The third-order valence-electron chi connectivity index (χ3n) is 2.47. The molecule has 1 aromatic carbocycles. The van der Waals surface area contributed by atoms with Crippen LogP contribution in [0.4, 0.5) is 10.1 Å². The van der Waals surface area contributed by atoms with Crippen LogP contribution >= 0.6 is 0 Å². The molecule has 0 aliphatic rings. The van der Waals surface area contributed by atoms with Gasteiger partial charge in [0, 0.05) is 6.54 Å². The minimum absolute atomic E-state index is 0.278. The second-order valence-electron chi connectivity index (χ2n) is 4.47. The van der Waals surface area contributed by atoms with E-state index in [9.17, 15) is 4.39 Å². The lowest BCUT2D eigenvalue weighted by atomic mass is 9.91. The normalized spacial score (nSPS) is 10.4. The molecule has 1 aromatic rings. The molecule has 0 saturated heterocycles. The summed E-state index contributed by atoms with van der Waals surface area (Å²) in [4.78, 5) is 0. The molecule has 4 heteroatoms. The molecule has 0 spiro atoms. The molecule has 0 aliphatic heterocycles. The summed E-state index contributed by atoms with van der Waals surface area (Å²) < 4.78 is 12.9. The van der Waals surface area contributed by atoms with Crippen molar-refractivity contribution in [3.63, 3.8) is 0 Å². The number of benzene rings is 1. The fourth-order valence-electron chi connectivity index (χ4n) is 1.33. The molecular weight excluding hydrogens is 217 g/mol. The number of rotatable bonds is 4. The van der Waals surface area contributed by atoms with Gasteiger partial charge >= 0.3 is 0 Å². The number of nitrogens with zero attached hydrogens (tertiary/aromatic N) is 2. The quantitative estimate of drug-likeness (QED) is 0.866. The van der Waals surface area contributed by atoms with Gasteiger partial charge < -0.3 is 5.32 Å². The Hall–Kier alpha value is -2.07. The fourth-order valence-corrected chi connectivity index (χ4v) is 1.33. The Balaban J connectivity index is 2.66. The van der Waals surface area contributed by atoms with Crippen molar-refractivity contribution in [2.24, 2.45) is 5.41 Å². The molecular formula is C13H14FN3. The zero-order valence-electron chi connectivity index (χ0n) is 9.92. The monoisotopic (exact) mass is 231 g/mol.